The zero-order valence-corrected chi connectivity index (χ0v) is 31.3. The van der Waals surface area contributed by atoms with Gasteiger partial charge >= 0.3 is 5.97 Å². The number of benzene rings is 3. The van der Waals surface area contributed by atoms with Crippen molar-refractivity contribution in [3.8, 4) is 5.75 Å². The summed E-state index contributed by atoms with van der Waals surface area (Å²) in [5.41, 5.74) is 2.62. The molecular weight excluding hydrogens is 821 g/mol. The number of halogens is 2. The summed E-state index contributed by atoms with van der Waals surface area (Å²) >= 11 is 6.49. The molecule has 0 bridgehead atoms. The van der Waals surface area contributed by atoms with Crippen molar-refractivity contribution >= 4 is 85.2 Å². The Labute approximate surface area is 311 Å². The third-order valence-corrected chi connectivity index (χ3v) is 9.21. The molecule has 0 unspecified atom stereocenters. The number of rotatable bonds is 13. The van der Waals surface area contributed by atoms with Crippen LogP contribution in [-0.4, -0.2) is 52.7 Å². The molecule has 4 rings (SSSR count). The Balaban J connectivity index is 1.61. The quantitative estimate of drug-likeness (QED) is 0.0628. The lowest BCUT2D eigenvalue weighted by Crippen LogP contribution is -2.42. The fourth-order valence-electron chi connectivity index (χ4n) is 4.69. The number of carbonyl (C=O) groups is 4. The van der Waals surface area contributed by atoms with Gasteiger partial charge in [-0.05, 0) is 93.3 Å². The number of hydrogen-bond donors (Lipinski definition) is 1. The average molecular weight is 855 g/mol. The van der Waals surface area contributed by atoms with Crippen molar-refractivity contribution in [2.45, 2.75) is 19.9 Å². The lowest BCUT2D eigenvalue weighted by molar-refractivity contribution is -0.145. The van der Waals surface area contributed by atoms with E-state index in [0.29, 0.717) is 25.1 Å². The molecule has 12 heteroatoms. The lowest BCUT2D eigenvalue weighted by atomic mass is 9.99. The largest absolute Gasteiger partial charge is 0.480 e. The van der Waals surface area contributed by atoms with Gasteiger partial charge in [0.1, 0.15) is 11.3 Å². The molecule has 9 nitrogen and oxygen atoms in total. The monoisotopic (exact) mass is 853 g/mol. The first-order chi connectivity index (χ1) is 23.7. The Kier molecular flexibility index (Phi) is 14.2. The maximum absolute atomic E-state index is 14.0. The van der Waals surface area contributed by atoms with E-state index in [2.05, 4.69) is 32.8 Å². The van der Waals surface area contributed by atoms with Crippen molar-refractivity contribution in [2.75, 3.05) is 19.0 Å². The fraction of sp³-hybridized carbons (Fsp3) is 0.162. The number of aliphatic imine (C=N–C) groups is 1. The molecule has 0 radical (unpaired) electrons. The van der Waals surface area contributed by atoms with E-state index in [4.69, 9.17) is 9.47 Å². The summed E-state index contributed by atoms with van der Waals surface area (Å²) in [5, 5.41) is 3.15. The van der Waals surface area contributed by atoms with Gasteiger partial charge in [-0.25, -0.2) is 4.79 Å². The molecule has 0 spiro atoms. The van der Waals surface area contributed by atoms with Gasteiger partial charge in [0.05, 0.1) is 26.4 Å². The maximum Gasteiger partial charge on any atom is 0.344 e. The van der Waals surface area contributed by atoms with Gasteiger partial charge in [-0.1, -0.05) is 97.2 Å². The zero-order chi connectivity index (χ0) is 35.3. The first kappa shape index (κ1) is 37.5. The molecule has 0 saturated heterocycles. The zero-order valence-electron chi connectivity index (χ0n) is 26.7. The second-order valence-electron chi connectivity index (χ2n) is 10.2. The Hall–Kier alpha value is -4.27. The van der Waals surface area contributed by atoms with E-state index < -0.39 is 23.8 Å². The summed E-state index contributed by atoms with van der Waals surface area (Å²) in [5.74, 6) is -1.85. The minimum Gasteiger partial charge on any atom is -0.480 e. The van der Waals surface area contributed by atoms with Gasteiger partial charge in [-0.3, -0.25) is 19.3 Å². The molecule has 1 N–H and O–H groups in total. The molecule has 3 aromatic rings. The van der Waals surface area contributed by atoms with Crippen LogP contribution in [-0.2, 0) is 23.9 Å². The highest BCUT2D eigenvalue weighted by molar-refractivity contribution is 14.1. The molecule has 3 aromatic carbocycles. The van der Waals surface area contributed by atoms with Crippen LogP contribution in [0.25, 0.3) is 6.08 Å². The highest BCUT2D eigenvalue weighted by Crippen LogP contribution is 2.34. The fourth-order valence-corrected chi connectivity index (χ4v) is 7.27. The van der Waals surface area contributed by atoms with Gasteiger partial charge in [0.15, 0.2) is 11.8 Å². The summed E-state index contributed by atoms with van der Waals surface area (Å²) in [6.45, 7) is 7.14. The maximum atomic E-state index is 14.0. The molecule has 1 aliphatic rings. The van der Waals surface area contributed by atoms with Crippen LogP contribution in [0.1, 0.15) is 36.6 Å². The van der Waals surface area contributed by atoms with Gasteiger partial charge in [-0.15, -0.1) is 0 Å². The summed E-state index contributed by atoms with van der Waals surface area (Å²) in [6.07, 6.45) is 8.06. The Morgan fingerprint density at radius 3 is 2.31 bits per heavy atom. The molecule has 252 valence electrons. The number of thioether (sulfide) groups is 1. The number of amides is 3. The molecule has 0 aromatic heterocycles. The smallest absolute Gasteiger partial charge is 0.344 e. The number of ether oxygens (including phenoxy) is 2. The SMILES string of the molecule is C=C/C=C\C(=C/C)N1C(=O)/C(=C/c2cc(Br)c(OCC(=O)OCC)c(I)c2)C(=O)N=C1SCC(=O)NC(c1ccccc1)c1ccccc1. The number of nitrogens with one attached hydrogen (secondary N) is 1. The molecule has 49 heavy (non-hydrogen) atoms. The van der Waals surface area contributed by atoms with Crippen LogP contribution in [0.2, 0.25) is 0 Å². The topological polar surface area (TPSA) is 114 Å². The minimum absolute atomic E-state index is 0.0681. The van der Waals surface area contributed by atoms with Crippen LogP contribution < -0.4 is 10.1 Å². The van der Waals surface area contributed by atoms with Crippen LogP contribution in [0.15, 0.2) is 124 Å². The van der Waals surface area contributed by atoms with E-state index in [1.807, 2.05) is 83.3 Å². The standard InChI is InChI=1S/C37H33BrIN3O6S/c1-4-7-18-27(5-2)42-36(46)28(19-24-20-29(38)34(30(39)21-24)48-22-32(44)47-6-3)35(45)41-37(42)49-23-31(43)40-33(25-14-10-8-11-15-25)26-16-12-9-13-17-26/h4-5,7-21,33H,1,6,22-23H2,2-3H3,(H,40,43)/b18-7-,27-5+,28-19+. The minimum atomic E-state index is -0.743. The predicted molar refractivity (Wildman–Crippen MR) is 205 cm³/mol. The van der Waals surface area contributed by atoms with Crippen molar-refractivity contribution in [3.05, 3.63) is 140 Å². The summed E-state index contributed by atoms with van der Waals surface area (Å²) in [7, 11) is 0. The molecular formula is C37H33BrIN3O6S. The first-order valence-corrected chi connectivity index (χ1v) is 18.0. The number of hydrogen-bond acceptors (Lipinski definition) is 7. The van der Waals surface area contributed by atoms with E-state index in [1.54, 1.807) is 50.3 Å². The van der Waals surface area contributed by atoms with E-state index in [1.165, 1.54) is 11.0 Å². The second-order valence-corrected chi connectivity index (χ2v) is 13.2. The first-order valence-electron chi connectivity index (χ1n) is 15.1. The highest BCUT2D eigenvalue weighted by Gasteiger charge is 2.35. The van der Waals surface area contributed by atoms with Gasteiger partial charge < -0.3 is 14.8 Å². The summed E-state index contributed by atoms with van der Waals surface area (Å²) < 4.78 is 11.7. The molecule has 0 atom stereocenters. The number of esters is 1. The normalized spacial score (nSPS) is 14.3. The van der Waals surface area contributed by atoms with Crippen molar-refractivity contribution in [1.29, 1.82) is 0 Å². The lowest BCUT2D eigenvalue weighted by Gasteiger charge is -2.28. The van der Waals surface area contributed by atoms with Gasteiger partial charge in [0, 0.05) is 5.70 Å². The Morgan fingerprint density at radius 2 is 1.73 bits per heavy atom. The number of amidine groups is 1. The third kappa shape index (κ3) is 10.1. The Bertz CT molecular complexity index is 1780. The molecule has 1 aliphatic heterocycles. The Morgan fingerprint density at radius 1 is 1.08 bits per heavy atom. The van der Waals surface area contributed by atoms with E-state index in [-0.39, 0.29) is 35.6 Å². The average Bonchev–Trinajstić information content (AvgIpc) is 3.09. The van der Waals surface area contributed by atoms with Crippen molar-refractivity contribution < 1.29 is 28.7 Å². The van der Waals surface area contributed by atoms with Crippen LogP contribution in [0.5, 0.6) is 5.75 Å². The van der Waals surface area contributed by atoms with Gasteiger partial charge in [0.2, 0.25) is 5.91 Å². The molecule has 0 fully saturated rings. The van der Waals surface area contributed by atoms with Crippen molar-refractivity contribution in [3.63, 3.8) is 0 Å². The third-order valence-electron chi connectivity index (χ3n) is 6.88. The van der Waals surface area contributed by atoms with Crippen molar-refractivity contribution in [1.82, 2.24) is 10.2 Å². The molecule has 0 saturated carbocycles. The van der Waals surface area contributed by atoms with Crippen LogP contribution in [0.3, 0.4) is 0 Å². The number of nitrogens with zero attached hydrogens (tertiary/aromatic N) is 2. The number of carbonyl (C=O) groups excluding carboxylic acids is 4. The molecule has 0 aliphatic carbocycles. The molecule has 1 heterocycles. The van der Waals surface area contributed by atoms with Crippen LogP contribution in [0, 0.1) is 3.57 Å². The molecule has 3 amide bonds. The van der Waals surface area contributed by atoms with Gasteiger partial charge in [-0.2, -0.15) is 4.99 Å². The van der Waals surface area contributed by atoms with E-state index >= 15 is 0 Å². The number of allylic oxidation sites excluding steroid dienone is 4. The van der Waals surface area contributed by atoms with E-state index in [0.717, 1.165) is 22.9 Å². The second kappa shape index (κ2) is 18.5. The highest BCUT2D eigenvalue weighted by atomic mass is 127. The van der Waals surface area contributed by atoms with Crippen LogP contribution in [0.4, 0.5) is 0 Å². The van der Waals surface area contributed by atoms with Crippen LogP contribution >= 0.6 is 50.3 Å². The van der Waals surface area contributed by atoms with Crippen molar-refractivity contribution in [2.24, 2.45) is 4.99 Å². The summed E-state index contributed by atoms with van der Waals surface area (Å²) in [4.78, 5) is 58.2. The predicted octanol–water partition coefficient (Wildman–Crippen LogP) is 7.39. The van der Waals surface area contributed by atoms with E-state index in [9.17, 15) is 19.2 Å². The van der Waals surface area contributed by atoms with Gasteiger partial charge in [0.25, 0.3) is 11.8 Å². The summed E-state index contributed by atoms with van der Waals surface area (Å²) in [6, 6.07) is 22.2.